The van der Waals surface area contributed by atoms with Gasteiger partial charge in [-0.15, -0.1) is 0 Å². The topological polar surface area (TPSA) is 21.3 Å². The summed E-state index contributed by atoms with van der Waals surface area (Å²) in [6, 6.07) is 8.75. The van der Waals surface area contributed by atoms with E-state index in [1.807, 2.05) is 0 Å². The summed E-state index contributed by atoms with van der Waals surface area (Å²) in [7, 11) is 0. The fourth-order valence-corrected chi connectivity index (χ4v) is 3.14. The molecular weight excluding hydrogens is 198 g/mol. The molecule has 1 saturated heterocycles. The van der Waals surface area contributed by atoms with E-state index in [1.165, 1.54) is 17.7 Å². The van der Waals surface area contributed by atoms with Gasteiger partial charge >= 0.3 is 0 Å². The van der Waals surface area contributed by atoms with E-state index in [0.717, 1.165) is 26.0 Å². The van der Waals surface area contributed by atoms with Gasteiger partial charge in [0.25, 0.3) is 0 Å². The zero-order chi connectivity index (χ0) is 11.0. The zero-order valence-corrected chi connectivity index (χ0v) is 9.83. The van der Waals surface area contributed by atoms with Gasteiger partial charge in [-0.25, -0.2) is 0 Å². The maximum absolute atomic E-state index is 5.80. The summed E-state index contributed by atoms with van der Waals surface area (Å²) < 4.78 is 5.80. The standard InChI is InChI=1S/C14H19NO/c1-2-11-9-14(7-8-16-11)10-15-13-6-4-3-5-12(13)14/h3-6,11,15H,2,7-10H2,1H3. The van der Waals surface area contributed by atoms with Crippen LogP contribution in [0.3, 0.4) is 0 Å². The molecule has 3 rings (SSSR count). The molecule has 2 aliphatic heterocycles. The van der Waals surface area contributed by atoms with Crippen molar-refractivity contribution in [1.29, 1.82) is 0 Å². The van der Waals surface area contributed by atoms with Crippen molar-refractivity contribution in [2.75, 3.05) is 18.5 Å². The average molecular weight is 217 g/mol. The Balaban J connectivity index is 1.95. The molecule has 0 amide bonds. The first-order valence-corrected chi connectivity index (χ1v) is 6.29. The van der Waals surface area contributed by atoms with Crippen LogP contribution >= 0.6 is 0 Å². The minimum Gasteiger partial charge on any atom is -0.384 e. The van der Waals surface area contributed by atoms with Gasteiger partial charge in [-0.1, -0.05) is 25.1 Å². The quantitative estimate of drug-likeness (QED) is 0.781. The molecule has 0 aromatic heterocycles. The summed E-state index contributed by atoms with van der Waals surface area (Å²) >= 11 is 0. The first kappa shape index (κ1) is 10.2. The molecule has 2 heteroatoms. The molecule has 1 aromatic rings. The van der Waals surface area contributed by atoms with Crippen molar-refractivity contribution in [3.63, 3.8) is 0 Å². The zero-order valence-electron chi connectivity index (χ0n) is 9.83. The molecule has 2 aliphatic rings. The molecule has 2 atom stereocenters. The van der Waals surface area contributed by atoms with Crippen LogP contribution in [-0.4, -0.2) is 19.3 Å². The van der Waals surface area contributed by atoms with Gasteiger partial charge < -0.3 is 10.1 Å². The minimum atomic E-state index is 0.343. The van der Waals surface area contributed by atoms with E-state index in [1.54, 1.807) is 0 Å². The summed E-state index contributed by atoms with van der Waals surface area (Å²) in [5, 5.41) is 3.55. The van der Waals surface area contributed by atoms with Gasteiger partial charge in [0.2, 0.25) is 0 Å². The molecule has 0 aliphatic carbocycles. The van der Waals surface area contributed by atoms with Gasteiger partial charge in [0, 0.05) is 24.3 Å². The summed E-state index contributed by atoms with van der Waals surface area (Å²) in [5.74, 6) is 0. The van der Waals surface area contributed by atoms with Gasteiger partial charge in [0.15, 0.2) is 0 Å². The normalized spacial score (nSPS) is 32.4. The van der Waals surface area contributed by atoms with Crippen LogP contribution in [0, 0.1) is 0 Å². The van der Waals surface area contributed by atoms with E-state index in [4.69, 9.17) is 4.74 Å². The maximum Gasteiger partial charge on any atom is 0.0581 e. The molecule has 0 radical (unpaired) electrons. The first-order valence-electron chi connectivity index (χ1n) is 6.29. The predicted octanol–water partition coefficient (Wildman–Crippen LogP) is 2.94. The second-order valence-electron chi connectivity index (χ2n) is 5.03. The number of hydrogen-bond donors (Lipinski definition) is 1. The molecule has 86 valence electrons. The van der Waals surface area contributed by atoms with E-state index >= 15 is 0 Å². The minimum absolute atomic E-state index is 0.343. The number of benzene rings is 1. The second-order valence-corrected chi connectivity index (χ2v) is 5.03. The largest absolute Gasteiger partial charge is 0.384 e. The summed E-state index contributed by atoms with van der Waals surface area (Å²) in [6.07, 6.45) is 3.91. The SMILES string of the molecule is CCC1CC2(CCO1)CNc1ccccc12. The molecule has 1 fully saturated rings. The van der Waals surface area contributed by atoms with E-state index in [0.29, 0.717) is 11.5 Å². The molecule has 1 N–H and O–H groups in total. The Morgan fingerprint density at radius 3 is 3.19 bits per heavy atom. The molecule has 0 saturated carbocycles. The molecule has 2 unspecified atom stereocenters. The number of fused-ring (bicyclic) bond motifs is 2. The van der Waals surface area contributed by atoms with Gasteiger partial charge in [-0.05, 0) is 30.9 Å². The Bertz CT molecular complexity index is 386. The van der Waals surface area contributed by atoms with Crippen molar-refractivity contribution in [3.05, 3.63) is 29.8 Å². The summed E-state index contributed by atoms with van der Waals surface area (Å²) in [5.41, 5.74) is 3.19. The molecule has 0 bridgehead atoms. The van der Waals surface area contributed by atoms with E-state index in [-0.39, 0.29) is 0 Å². The highest BCUT2D eigenvalue weighted by molar-refractivity contribution is 5.60. The van der Waals surface area contributed by atoms with Crippen LogP contribution in [-0.2, 0) is 10.2 Å². The molecule has 2 heterocycles. The Morgan fingerprint density at radius 1 is 1.44 bits per heavy atom. The third-order valence-corrected chi connectivity index (χ3v) is 4.12. The number of hydrogen-bond acceptors (Lipinski definition) is 2. The Labute approximate surface area is 97.0 Å². The number of ether oxygens (including phenoxy) is 1. The highest BCUT2D eigenvalue weighted by atomic mass is 16.5. The van der Waals surface area contributed by atoms with E-state index < -0.39 is 0 Å². The van der Waals surface area contributed by atoms with Crippen LogP contribution in [0.1, 0.15) is 31.7 Å². The van der Waals surface area contributed by atoms with Crippen LogP contribution in [0.2, 0.25) is 0 Å². The summed E-state index contributed by atoms with van der Waals surface area (Å²) in [6.45, 7) is 4.22. The monoisotopic (exact) mass is 217 g/mol. The second kappa shape index (κ2) is 3.77. The fraction of sp³-hybridized carbons (Fsp3) is 0.571. The Morgan fingerprint density at radius 2 is 2.31 bits per heavy atom. The Hall–Kier alpha value is -1.02. The van der Waals surface area contributed by atoms with Crippen LogP contribution in [0.5, 0.6) is 0 Å². The lowest BCUT2D eigenvalue weighted by atomic mass is 9.73. The number of nitrogens with one attached hydrogen (secondary N) is 1. The number of para-hydroxylation sites is 1. The van der Waals surface area contributed by atoms with Gasteiger partial charge in [-0.2, -0.15) is 0 Å². The van der Waals surface area contributed by atoms with Crippen molar-refractivity contribution in [2.45, 2.75) is 37.7 Å². The van der Waals surface area contributed by atoms with Crippen molar-refractivity contribution in [1.82, 2.24) is 0 Å². The number of rotatable bonds is 1. The van der Waals surface area contributed by atoms with Crippen LogP contribution < -0.4 is 5.32 Å². The van der Waals surface area contributed by atoms with Gasteiger partial charge in [-0.3, -0.25) is 0 Å². The lowest BCUT2D eigenvalue weighted by molar-refractivity contribution is -0.0179. The highest BCUT2D eigenvalue weighted by Gasteiger charge is 2.42. The Kier molecular flexibility index (Phi) is 2.40. The molecule has 2 nitrogen and oxygen atoms in total. The molecule has 1 aromatic carbocycles. The third-order valence-electron chi connectivity index (χ3n) is 4.12. The number of anilines is 1. The molecule has 16 heavy (non-hydrogen) atoms. The van der Waals surface area contributed by atoms with Crippen molar-refractivity contribution < 1.29 is 4.74 Å². The van der Waals surface area contributed by atoms with Crippen LogP contribution in [0.25, 0.3) is 0 Å². The van der Waals surface area contributed by atoms with Crippen LogP contribution in [0.4, 0.5) is 5.69 Å². The van der Waals surface area contributed by atoms with Gasteiger partial charge in [0.05, 0.1) is 6.10 Å². The molecule has 1 spiro atoms. The van der Waals surface area contributed by atoms with Gasteiger partial charge in [0.1, 0.15) is 0 Å². The van der Waals surface area contributed by atoms with E-state index in [9.17, 15) is 0 Å². The summed E-state index contributed by atoms with van der Waals surface area (Å²) in [4.78, 5) is 0. The lowest BCUT2D eigenvalue weighted by Crippen LogP contribution is -2.39. The van der Waals surface area contributed by atoms with Crippen molar-refractivity contribution in [2.24, 2.45) is 0 Å². The fourth-order valence-electron chi connectivity index (χ4n) is 3.14. The van der Waals surface area contributed by atoms with Crippen molar-refractivity contribution >= 4 is 5.69 Å². The average Bonchev–Trinajstić information content (AvgIpc) is 2.69. The van der Waals surface area contributed by atoms with Crippen LogP contribution in [0.15, 0.2) is 24.3 Å². The third kappa shape index (κ3) is 1.44. The lowest BCUT2D eigenvalue weighted by Gasteiger charge is -2.38. The first-order chi connectivity index (χ1) is 7.84. The predicted molar refractivity (Wildman–Crippen MR) is 65.9 cm³/mol. The van der Waals surface area contributed by atoms with Crippen molar-refractivity contribution in [3.8, 4) is 0 Å². The molecular formula is C14H19NO. The smallest absolute Gasteiger partial charge is 0.0581 e. The highest BCUT2D eigenvalue weighted by Crippen LogP contribution is 2.45. The maximum atomic E-state index is 5.80. The van der Waals surface area contributed by atoms with E-state index in [2.05, 4.69) is 36.5 Å².